The summed E-state index contributed by atoms with van der Waals surface area (Å²) in [7, 11) is -3.69. The quantitative estimate of drug-likeness (QED) is 0.825. The van der Waals surface area contributed by atoms with Crippen LogP contribution < -0.4 is 4.72 Å². The van der Waals surface area contributed by atoms with Crippen LogP contribution in [0.1, 0.15) is 19.4 Å². The van der Waals surface area contributed by atoms with Gasteiger partial charge in [-0.2, -0.15) is 4.72 Å². The Morgan fingerprint density at radius 3 is 2.47 bits per heavy atom. The fourth-order valence-electron chi connectivity index (χ4n) is 1.77. The summed E-state index contributed by atoms with van der Waals surface area (Å²) in [5.74, 6) is -0.195. The van der Waals surface area contributed by atoms with Crippen molar-refractivity contribution < 1.29 is 13.5 Å². The molecule has 92 valence electrons. The standard InChI is InChI=1S/C11H12ClNO3S/c1-11(2)10(14)9(17(15,16)13-11)7-4-3-5-8(12)6-7/h3-6,13-14H,1-2H3. The monoisotopic (exact) mass is 273 g/mol. The zero-order chi connectivity index (χ0) is 12.8. The maximum Gasteiger partial charge on any atom is 0.245 e. The van der Waals surface area contributed by atoms with E-state index in [2.05, 4.69) is 4.72 Å². The molecule has 1 aliphatic heterocycles. The molecular formula is C11H12ClNO3S. The second kappa shape index (κ2) is 3.73. The number of aliphatic hydroxyl groups is 1. The molecule has 0 saturated heterocycles. The van der Waals surface area contributed by atoms with Crippen molar-refractivity contribution in [1.29, 1.82) is 0 Å². The molecule has 1 heterocycles. The third kappa shape index (κ3) is 2.06. The van der Waals surface area contributed by atoms with E-state index < -0.39 is 15.6 Å². The van der Waals surface area contributed by atoms with Gasteiger partial charge in [-0.05, 0) is 31.5 Å². The number of nitrogens with one attached hydrogen (secondary N) is 1. The van der Waals surface area contributed by atoms with E-state index in [9.17, 15) is 13.5 Å². The molecule has 0 bridgehead atoms. The Labute approximate surface area is 105 Å². The highest BCUT2D eigenvalue weighted by atomic mass is 35.5. The summed E-state index contributed by atoms with van der Waals surface area (Å²) in [6, 6.07) is 6.38. The fourth-order valence-corrected chi connectivity index (χ4v) is 3.78. The van der Waals surface area contributed by atoms with Crippen LogP contribution in [0.2, 0.25) is 5.02 Å². The van der Waals surface area contributed by atoms with Crippen molar-refractivity contribution in [3.8, 4) is 0 Å². The van der Waals surface area contributed by atoms with Crippen molar-refractivity contribution in [1.82, 2.24) is 4.72 Å². The first-order valence-electron chi connectivity index (χ1n) is 4.98. The van der Waals surface area contributed by atoms with Gasteiger partial charge in [0.15, 0.2) is 0 Å². The molecule has 0 fully saturated rings. The highest BCUT2D eigenvalue weighted by Gasteiger charge is 2.43. The zero-order valence-electron chi connectivity index (χ0n) is 9.36. The van der Waals surface area contributed by atoms with Crippen LogP contribution in [-0.4, -0.2) is 19.1 Å². The van der Waals surface area contributed by atoms with E-state index in [1.54, 1.807) is 32.0 Å². The van der Waals surface area contributed by atoms with Gasteiger partial charge in [-0.15, -0.1) is 0 Å². The van der Waals surface area contributed by atoms with E-state index in [1.807, 2.05) is 0 Å². The van der Waals surface area contributed by atoms with Crippen molar-refractivity contribution in [3.63, 3.8) is 0 Å². The summed E-state index contributed by atoms with van der Waals surface area (Å²) in [5, 5.41) is 10.4. The second-order valence-electron chi connectivity index (χ2n) is 4.42. The molecule has 1 aromatic carbocycles. The molecule has 0 spiro atoms. The molecule has 0 radical (unpaired) electrons. The minimum atomic E-state index is -3.69. The molecule has 17 heavy (non-hydrogen) atoms. The fraction of sp³-hybridized carbons (Fsp3) is 0.273. The molecule has 2 rings (SSSR count). The van der Waals surface area contributed by atoms with E-state index in [0.29, 0.717) is 10.6 Å². The predicted molar refractivity (Wildman–Crippen MR) is 67.1 cm³/mol. The Hall–Kier alpha value is -1.04. The Morgan fingerprint density at radius 1 is 1.35 bits per heavy atom. The first kappa shape index (κ1) is 12.4. The van der Waals surface area contributed by atoms with Gasteiger partial charge >= 0.3 is 0 Å². The summed E-state index contributed by atoms with van der Waals surface area (Å²) in [5.41, 5.74) is -0.607. The highest BCUT2D eigenvalue weighted by Crippen LogP contribution is 2.36. The Kier molecular flexibility index (Phi) is 2.72. The average molecular weight is 274 g/mol. The zero-order valence-corrected chi connectivity index (χ0v) is 10.9. The van der Waals surface area contributed by atoms with Crippen LogP contribution in [0, 0.1) is 0 Å². The maximum absolute atomic E-state index is 11.9. The first-order valence-corrected chi connectivity index (χ1v) is 6.84. The molecule has 4 nitrogen and oxygen atoms in total. The second-order valence-corrected chi connectivity index (χ2v) is 6.47. The van der Waals surface area contributed by atoms with Crippen LogP contribution in [0.5, 0.6) is 0 Å². The van der Waals surface area contributed by atoms with Crippen molar-refractivity contribution in [2.75, 3.05) is 0 Å². The number of hydrogen-bond acceptors (Lipinski definition) is 3. The van der Waals surface area contributed by atoms with Gasteiger partial charge < -0.3 is 5.11 Å². The number of halogens is 1. The van der Waals surface area contributed by atoms with Crippen molar-refractivity contribution in [3.05, 3.63) is 40.6 Å². The maximum atomic E-state index is 11.9. The van der Waals surface area contributed by atoms with Gasteiger partial charge in [0, 0.05) is 5.02 Å². The van der Waals surface area contributed by atoms with Crippen LogP contribution in [0.3, 0.4) is 0 Å². The number of aliphatic hydroxyl groups excluding tert-OH is 1. The molecule has 0 atom stereocenters. The minimum absolute atomic E-state index is 0.106. The van der Waals surface area contributed by atoms with Crippen LogP contribution in [0.4, 0.5) is 0 Å². The third-order valence-corrected chi connectivity index (χ3v) is 4.53. The first-order chi connectivity index (χ1) is 7.74. The Balaban J connectivity index is 2.69. The van der Waals surface area contributed by atoms with Crippen LogP contribution in [0.25, 0.3) is 4.91 Å². The molecule has 0 aliphatic carbocycles. The molecule has 0 aromatic heterocycles. The molecule has 6 heteroatoms. The van der Waals surface area contributed by atoms with Crippen LogP contribution >= 0.6 is 11.6 Å². The number of rotatable bonds is 1. The van der Waals surface area contributed by atoms with Gasteiger partial charge in [-0.25, -0.2) is 8.42 Å². The van der Waals surface area contributed by atoms with Crippen molar-refractivity contribution in [2.45, 2.75) is 19.4 Å². The lowest BCUT2D eigenvalue weighted by Crippen LogP contribution is -2.38. The summed E-state index contributed by atoms with van der Waals surface area (Å²) in [4.78, 5) is -0.106. The van der Waals surface area contributed by atoms with E-state index in [-0.39, 0.29) is 10.7 Å². The molecule has 0 unspecified atom stereocenters. The molecule has 0 amide bonds. The van der Waals surface area contributed by atoms with Gasteiger partial charge in [0.25, 0.3) is 0 Å². The minimum Gasteiger partial charge on any atom is -0.509 e. The van der Waals surface area contributed by atoms with Gasteiger partial charge in [-0.1, -0.05) is 23.7 Å². The molecule has 0 saturated carbocycles. The lowest BCUT2D eigenvalue weighted by Gasteiger charge is -2.16. The lowest BCUT2D eigenvalue weighted by atomic mass is 10.0. The summed E-state index contributed by atoms with van der Waals surface area (Å²) in [6.07, 6.45) is 0. The lowest BCUT2D eigenvalue weighted by molar-refractivity contribution is 0.319. The largest absolute Gasteiger partial charge is 0.509 e. The van der Waals surface area contributed by atoms with E-state index >= 15 is 0 Å². The summed E-state index contributed by atoms with van der Waals surface area (Å²) < 4.78 is 26.2. The normalized spacial score (nSPS) is 21.8. The summed E-state index contributed by atoms with van der Waals surface area (Å²) >= 11 is 5.82. The van der Waals surface area contributed by atoms with Crippen molar-refractivity contribution in [2.24, 2.45) is 0 Å². The molecule has 2 N–H and O–H groups in total. The molecule has 1 aromatic rings. The van der Waals surface area contributed by atoms with Gasteiger partial charge in [0.2, 0.25) is 10.0 Å². The van der Waals surface area contributed by atoms with Gasteiger partial charge in [-0.3, -0.25) is 0 Å². The van der Waals surface area contributed by atoms with Gasteiger partial charge in [0.05, 0.1) is 5.54 Å². The molecular weight excluding hydrogens is 262 g/mol. The predicted octanol–water partition coefficient (Wildman–Crippen LogP) is 2.28. The summed E-state index contributed by atoms with van der Waals surface area (Å²) in [6.45, 7) is 3.19. The van der Waals surface area contributed by atoms with E-state index in [4.69, 9.17) is 11.6 Å². The average Bonchev–Trinajstić information content (AvgIpc) is 2.31. The molecule has 1 aliphatic rings. The van der Waals surface area contributed by atoms with E-state index in [0.717, 1.165) is 0 Å². The van der Waals surface area contributed by atoms with E-state index in [1.165, 1.54) is 6.07 Å². The topological polar surface area (TPSA) is 66.4 Å². The van der Waals surface area contributed by atoms with Crippen LogP contribution in [0.15, 0.2) is 30.0 Å². The highest BCUT2D eigenvalue weighted by molar-refractivity contribution is 7.99. The number of hydrogen-bond donors (Lipinski definition) is 2. The van der Waals surface area contributed by atoms with Crippen molar-refractivity contribution >= 4 is 26.5 Å². The number of benzene rings is 1. The Bertz CT molecular complexity index is 605. The van der Waals surface area contributed by atoms with Crippen LogP contribution in [-0.2, 0) is 10.0 Å². The Morgan fingerprint density at radius 2 is 2.00 bits per heavy atom. The van der Waals surface area contributed by atoms with Gasteiger partial charge in [0.1, 0.15) is 10.7 Å². The SMILES string of the molecule is CC1(C)NS(=O)(=O)C(c2cccc(Cl)c2)=C1O. The smallest absolute Gasteiger partial charge is 0.245 e. The number of sulfonamides is 1. The third-order valence-electron chi connectivity index (χ3n) is 2.55.